The van der Waals surface area contributed by atoms with Gasteiger partial charge in [-0.3, -0.25) is 4.79 Å². The molecule has 1 aliphatic heterocycles. The van der Waals surface area contributed by atoms with Gasteiger partial charge in [0.25, 0.3) is 0 Å². The zero-order valence-corrected chi connectivity index (χ0v) is 10.7. The minimum atomic E-state index is -0.981. The molecule has 1 N–H and O–H groups in total. The molecule has 5 nitrogen and oxygen atoms in total. The second-order valence-corrected chi connectivity index (χ2v) is 5.10. The van der Waals surface area contributed by atoms with Gasteiger partial charge in [-0.15, -0.1) is 11.3 Å². The Balaban J connectivity index is 2.61. The largest absolute Gasteiger partial charge is 0.477 e. The smallest absolute Gasteiger partial charge is 0.348 e. The van der Waals surface area contributed by atoms with Gasteiger partial charge in [0.15, 0.2) is 0 Å². The standard InChI is InChI=1S/C11H14N2O3S/c1-6-4-12(3)8-5-17-10(11(15)16)9(8)13(6)7(2)14/h5-6H,4H2,1-3H3,(H,15,16). The molecule has 1 amide bonds. The molecular formula is C11H14N2O3S. The summed E-state index contributed by atoms with van der Waals surface area (Å²) >= 11 is 1.17. The fraction of sp³-hybridized carbons (Fsp3) is 0.455. The Morgan fingerprint density at radius 2 is 2.18 bits per heavy atom. The van der Waals surface area contributed by atoms with E-state index in [-0.39, 0.29) is 16.8 Å². The monoisotopic (exact) mass is 254 g/mol. The summed E-state index contributed by atoms with van der Waals surface area (Å²) in [4.78, 5) is 26.6. The molecule has 0 aliphatic carbocycles. The molecule has 1 atom stereocenters. The molecule has 0 aromatic carbocycles. The van der Waals surface area contributed by atoms with E-state index >= 15 is 0 Å². The van der Waals surface area contributed by atoms with Crippen LogP contribution in [0.5, 0.6) is 0 Å². The normalized spacial score (nSPS) is 19.1. The molecule has 0 fully saturated rings. The van der Waals surface area contributed by atoms with Gasteiger partial charge in [-0.25, -0.2) is 4.79 Å². The second kappa shape index (κ2) is 4.03. The Hall–Kier alpha value is -1.56. The van der Waals surface area contributed by atoms with Gasteiger partial charge in [0.1, 0.15) is 4.88 Å². The summed E-state index contributed by atoms with van der Waals surface area (Å²) in [6.45, 7) is 4.10. The van der Waals surface area contributed by atoms with E-state index in [1.165, 1.54) is 18.3 Å². The van der Waals surface area contributed by atoms with Crippen LogP contribution in [0.2, 0.25) is 0 Å². The van der Waals surface area contributed by atoms with Gasteiger partial charge in [-0.2, -0.15) is 0 Å². The first-order chi connectivity index (χ1) is 7.93. The summed E-state index contributed by atoms with van der Waals surface area (Å²) in [5, 5.41) is 10.9. The molecule has 1 aliphatic rings. The number of rotatable bonds is 1. The van der Waals surface area contributed by atoms with E-state index in [1.807, 2.05) is 18.9 Å². The van der Waals surface area contributed by atoms with Crippen LogP contribution in [0.25, 0.3) is 0 Å². The van der Waals surface area contributed by atoms with E-state index in [1.54, 1.807) is 10.3 Å². The highest BCUT2D eigenvalue weighted by atomic mass is 32.1. The highest BCUT2D eigenvalue weighted by molar-refractivity contribution is 7.13. The number of anilines is 2. The molecule has 0 saturated carbocycles. The average molecular weight is 254 g/mol. The van der Waals surface area contributed by atoms with Crippen LogP contribution in [0, 0.1) is 0 Å². The zero-order chi connectivity index (χ0) is 12.7. The Labute approximate surface area is 103 Å². The number of hydrogen-bond acceptors (Lipinski definition) is 4. The fourth-order valence-corrected chi connectivity index (χ4v) is 3.20. The van der Waals surface area contributed by atoms with E-state index in [0.29, 0.717) is 12.2 Å². The van der Waals surface area contributed by atoms with Crippen LogP contribution in [0.15, 0.2) is 5.38 Å². The lowest BCUT2D eigenvalue weighted by molar-refractivity contribution is -0.117. The third-order valence-corrected chi connectivity index (χ3v) is 3.86. The van der Waals surface area contributed by atoms with E-state index < -0.39 is 5.97 Å². The Morgan fingerprint density at radius 3 is 2.71 bits per heavy atom. The number of carboxylic acids is 1. The van der Waals surface area contributed by atoms with E-state index in [9.17, 15) is 9.59 Å². The number of nitrogens with zero attached hydrogens (tertiary/aromatic N) is 2. The van der Waals surface area contributed by atoms with Crippen LogP contribution >= 0.6 is 11.3 Å². The van der Waals surface area contributed by atoms with Gasteiger partial charge in [0.2, 0.25) is 5.91 Å². The molecular weight excluding hydrogens is 240 g/mol. The maximum absolute atomic E-state index is 11.7. The molecule has 92 valence electrons. The quantitative estimate of drug-likeness (QED) is 0.827. The van der Waals surface area contributed by atoms with Crippen molar-refractivity contribution in [3.8, 4) is 0 Å². The number of carboxylic acid groups (broad SMARTS) is 1. The topological polar surface area (TPSA) is 60.9 Å². The third kappa shape index (κ3) is 1.78. The van der Waals surface area contributed by atoms with Crippen molar-refractivity contribution < 1.29 is 14.7 Å². The van der Waals surface area contributed by atoms with Gasteiger partial charge in [-0.05, 0) is 6.92 Å². The highest BCUT2D eigenvalue weighted by Gasteiger charge is 2.34. The number of thiophene rings is 1. The van der Waals surface area contributed by atoms with Crippen LogP contribution in [-0.2, 0) is 4.79 Å². The second-order valence-electron chi connectivity index (χ2n) is 4.22. The number of likely N-dealkylation sites (N-methyl/N-ethyl adjacent to an activating group) is 1. The maximum Gasteiger partial charge on any atom is 0.348 e. The number of fused-ring (bicyclic) bond motifs is 1. The first kappa shape index (κ1) is 11.9. The predicted octanol–water partition coefficient (Wildman–Crippen LogP) is 1.64. The van der Waals surface area contributed by atoms with Gasteiger partial charge in [0.05, 0.1) is 17.4 Å². The van der Waals surface area contributed by atoms with Crippen LogP contribution in [0.3, 0.4) is 0 Å². The van der Waals surface area contributed by atoms with Crippen molar-refractivity contribution >= 4 is 34.6 Å². The lowest BCUT2D eigenvalue weighted by atomic mass is 10.1. The summed E-state index contributed by atoms with van der Waals surface area (Å²) in [5.74, 6) is -1.10. The molecule has 0 radical (unpaired) electrons. The minimum absolute atomic E-state index is 0.0160. The fourth-order valence-electron chi connectivity index (χ4n) is 2.26. The summed E-state index contributed by atoms with van der Waals surface area (Å²) in [6.07, 6.45) is 0. The Bertz CT molecular complexity index is 483. The summed E-state index contributed by atoms with van der Waals surface area (Å²) in [6, 6.07) is -0.0160. The number of amides is 1. The van der Waals surface area contributed by atoms with Crippen molar-refractivity contribution in [2.24, 2.45) is 0 Å². The van der Waals surface area contributed by atoms with Gasteiger partial charge >= 0.3 is 5.97 Å². The number of carbonyl (C=O) groups excluding carboxylic acids is 1. The Kier molecular flexibility index (Phi) is 2.82. The van der Waals surface area contributed by atoms with Gasteiger partial charge in [-0.1, -0.05) is 0 Å². The van der Waals surface area contributed by atoms with E-state index in [4.69, 9.17) is 5.11 Å². The third-order valence-electron chi connectivity index (χ3n) is 2.91. The van der Waals surface area contributed by atoms with Gasteiger partial charge in [0, 0.05) is 25.9 Å². The number of hydrogen-bond donors (Lipinski definition) is 1. The van der Waals surface area contributed by atoms with Crippen molar-refractivity contribution in [1.82, 2.24) is 0 Å². The van der Waals surface area contributed by atoms with E-state index in [0.717, 1.165) is 5.69 Å². The van der Waals surface area contributed by atoms with Crippen molar-refractivity contribution in [3.05, 3.63) is 10.3 Å². The summed E-state index contributed by atoms with van der Waals surface area (Å²) < 4.78 is 0. The Morgan fingerprint density at radius 1 is 1.53 bits per heavy atom. The molecule has 2 heterocycles. The number of aromatic carboxylic acids is 1. The van der Waals surface area contributed by atoms with Crippen LogP contribution < -0.4 is 9.80 Å². The van der Waals surface area contributed by atoms with Crippen molar-refractivity contribution in [2.75, 3.05) is 23.4 Å². The van der Waals surface area contributed by atoms with E-state index in [2.05, 4.69) is 0 Å². The first-order valence-corrected chi connectivity index (χ1v) is 6.17. The lowest BCUT2D eigenvalue weighted by Gasteiger charge is -2.38. The molecule has 0 saturated heterocycles. The molecule has 1 unspecified atom stereocenters. The molecule has 2 rings (SSSR count). The highest BCUT2D eigenvalue weighted by Crippen LogP contribution is 2.42. The maximum atomic E-state index is 11.7. The van der Waals surface area contributed by atoms with Crippen LogP contribution in [0.4, 0.5) is 11.4 Å². The minimum Gasteiger partial charge on any atom is -0.477 e. The van der Waals surface area contributed by atoms with Crippen molar-refractivity contribution in [2.45, 2.75) is 19.9 Å². The lowest BCUT2D eigenvalue weighted by Crippen LogP contribution is -2.48. The van der Waals surface area contributed by atoms with Gasteiger partial charge < -0.3 is 14.9 Å². The first-order valence-electron chi connectivity index (χ1n) is 5.29. The molecule has 0 spiro atoms. The summed E-state index contributed by atoms with van der Waals surface area (Å²) in [5.41, 5.74) is 1.36. The molecule has 17 heavy (non-hydrogen) atoms. The molecule has 1 aromatic heterocycles. The van der Waals surface area contributed by atoms with Crippen LogP contribution in [0.1, 0.15) is 23.5 Å². The molecule has 0 bridgehead atoms. The van der Waals surface area contributed by atoms with Crippen molar-refractivity contribution in [1.29, 1.82) is 0 Å². The zero-order valence-electron chi connectivity index (χ0n) is 9.93. The SMILES string of the molecule is CC(=O)N1c2c(csc2C(=O)O)N(C)CC1C. The predicted molar refractivity (Wildman–Crippen MR) is 67.2 cm³/mol. The number of carbonyl (C=O) groups is 2. The summed E-state index contributed by atoms with van der Waals surface area (Å²) in [7, 11) is 1.91. The van der Waals surface area contributed by atoms with Crippen molar-refractivity contribution in [3.63, 3.8) is 0 Å². The average Bonchev–Trinajstić information content (AvgIpc) is 2.61. The molecule has 1 aromatic rings. The molecule has 6 heteroatoms. The van der Waals surface area contributed by atoms with Crippen LogP contribution in [-0.4, -0.2) is 36.6 Å².